The number of methoxy groups -OCH3 is 2. The highest BCUT2D eigenvalue weighted by Crippen LogP contribution is 2.54. The van der Waals surface area contributed by atoms with Gasteiger partial charge in [0.1, 0.15) is 22.8 Å². The fraction of sp³-hybridized carbons (Fsp3) is 0.355. The predicted molar refractivity (Wildman–Crippen MR) is 159 cm³/mol. The number of aromatic nitrogens is 1. The summed E-state index contributed by atoms with van der Waals surface area (Å²) in [6.07, 6.45) is 2.31. The maximum Gasteiger partial charge on any atom is 0.337 e. The van der Waals surface area contributed by atoms with Crippen LogP contribution in [-0.2, 0) is 19.7 Å². The van der Waals surface area contributed by atoms with Crippen molar-refractivity contribution < 1.29 is 32.6 Å². The zero-order chi connectivity index (χ0) is 31.5. The highest BCUT2D eigenvalue weighted by Gasteiger charge is 2.62. The van der Waals surface area contributed by atoms with Crippen molar-refractivity contribution in [1.29, 1.82) is 0 Å². The van der Waals surface area contributed by atoms with E-state index in [1.54, 1.807) is 24.3 Å². The van der Waals surface area contributed by atoms with Crippen LogP contribution in [-0.4, -0.2) is 50.1 Å². The van der Waals surface area contributed by atoms with Crippen LogP contribution in [0.25, 0.3) is 0 Å². The number of amides is 2. The number of anilines is 2. The van der Waals surface area contributed by atoms with Crippen LogP contribution < -0.4 is 20.7 Å². The number of pyridine rings is 1. The molecule has 1 fully saturated rings. The number of fused-ring (bicyclic) bond motifs is 2. The van der Waals surface area contributed by atoms with E-state index >= 15 is 0 Å². The number of rotatable bonds is 6. The summed E-state index contributed by atoms with van der Waals surface area (Å²) in [6, 6.07) is 10.4. The smallest absolute Gasteiger partial charge is 0.337 e. The molecule has 1 saturated heterocycles. The molecule has 3 heterocycles. The minimum Gasteiger partial charge on any atom is -0.495 e. The first-order valence-corrected chi connectivity index (χ1v) is 13.9. The van der Waals surface area contributed by atoms with E-state index in [9.17, 15) is 23.2 Å². The average molecular weight is 615 g/mol. The summed E-state index contributed by atoms with van der Waals surface area (Å²) in [5, 5.41) is 8.67. The van der Waals surface area contributed by atoms with Crippen LogP contribution in [0.2, 0.25) is 5.02 Å². The van der Waals surface area contributed by atoms with Gasteiger partial charge in [0.25, 0.3) is 0 Å². The molecule has 2 aliphatic heterocycles. The van der Waals surface area contributed by atoms with Gasteiger partial charge in [-0.05, 0) is 41.7 Å². The van der Waals surface area contributed by atoms with Crippen LogP contribution in [0.15, 0.2) is 48.7 Å². The molecule has 12 heteroatoms. The van der Waals surface area contributed by atoms with Crippen LogP contribution >= 0.6 is 11.6 Å². The minimum atomic E-state index is -1.14. The van der Waals surface area contributed by atoms with Crippen molar-refractivity contribution >= 4 is 41.3 Å². The fourth-order valence-electron chi connectivity index (χ4n) is 5.78. The van der Waals surface area contributed by atoms with Gasteiger partial charge < -0.3 is 25.4 Å². The molecule has 0 radical (unpaired) electrons. The molecule has 3 atom stereocenters. The number of carbonyl (C=O) groups is 3. The monoisotopic (exact) mass is 614 g/mol. The van der Waals surface area contributed by atoms with E-state index in [1.807, 2.05) is 0 Å². The van der Waals surface area contributed by atoms with Crippen molar-refractivity contribution in [2.45, 2.75) is 44.6 Å². The van der Waals surface area contributed by atoms with Crippen molar-refractivity contribution in [3.63, 3.8) is 0 Å². The first-order valence-electron chi connectivity index (χ1n) is 13.5. The van der Waals surface area contributed by atoms with Gasteiger partial charge in [0.2, 0.25) is 12.3 Å². The number of halogens is 3. The molecule has 2 aromatic carbocycles. The third-order valence-corrected chi connectivity index (χ3v) is 7.84. The fourth-order valence-corrected chi connectivity index (χ4v) is 5.96. The molecular formula is C31H33ClF2N4O5. The van der Waals surface area contributed by atoms with Gasteiger partial charge in [-0.3, -0.25) is 14.6 Å². The molecule has 1 spiro atoms. The van der Waals surface area contributed by atoms with E-state index in [0.29, 0.717) is 53.3 Å². The van der Waals surface area contributed by atoms with E-state index in [1.165, 1.54) is 32.4 Å². The largest absolute Gasteiger partial charge is 0.495 e. The first-order chi connectivity index (χ1) is 20.4. The SMILES string of the molecule is CC(C)(C)CC1NCC(c2cccc(Cl)c2F)[C@]12C(=O)Nc1cc(F)cnc12.COC(=O)c1ccc(NC=O)c(OC)c1. The summed E-state index contributed by atoms with van der Waals surface area (Å²) < 4.78 is 38.3. The Hall–Kier alpha value is -4.09. The van der Waals surface area contributed by atoms with Crippen molar-refractivity contribution in [2.75, 3.05) is 31.4 Å². The van der Waals surface area contributed by atoms with Gasteiger partial charge in [-0.1, -0.05) is 44.5 Å². The third kappa shape index (κ3) is 6.18. The summed E-state index contributed by atoms with van der Waals surface area (Å²) in [6.45, 7) is 6.65. The topological polar surface area (TPSA) is 119 Å². The van der Waals surface area contributed by atoms with Crippen LogP contribution in [0.3, 0.4) is 0 Å². The third-order valence-electron chi connectivity index (χ3n) is 7.55. The second kappa shape index (κ2) is 12.6. The van der Waals surface area contributed by atoms with Gasteiger partial charge in [-0.2, -0.15) is 0 Å². The zero-order valence-electron chi connectivity index (χ0n) is 24.4. The highest BCUT2D eigenvalue weighted by atomic mass is 35.5. The number of benzene rings is 2. The molecule has 9 nitrogen and oxygen atoms in total. The van der Waals surface area contributed by atoms with Crippen LogP contribution in [0.5, 0.6) is 5.75 Å². The summed E-state index contributed by atoms with van der Waals surface area (Å²) in [5.41, 5.74) is 0.816. The lowest BCUT2D eigenvalue weighted by molar-refractivity contribution is -0.122. The summed E-state index contributed by atoms with van der Waals surface area (Å²) in [7, 11) is 2.75. The Kier molecular flexibility index (Phi) is 9.36. The summed E-state index contributed by atoms with van der Waals surface area (Å²) >= 11 is 6.03. The number of hydrogen-bond acceptors (Lipinski definition) is 7. The van der Waals surface area contributed by atoms with E-state index in [4.69, 9.17) is 16.3 Å². The molecular weight excluding hydrogens is 582 g/mol. The molecule has 1 aromatic heterocycles. The van der Waals surface area contributed by atoms with Gasteiger partial charge in [0.15, 0.2) is 0 Å². The Morgan fingerprint density at radius 3 is 2.60 bits per heavy atom. The number of nitrogens with one attached hydrogen (secondary N) is 3. The van der Waals surface area contributed by atoms with E-state index in [0.717, 1.165) is 6.20 Å². The Morgan fingerprint density at radius 1 is 1.21 bits per heavy atom. The van der Waals surface area contributed by atoms with Gasteiger partial charge in [0, 0.05) is 24.6 Å². The van der Waals surface area contributed by atoms with Crippen LogP contribution in [0.4, 0.5) is 20.2 Å². The van der Waals surface area contributed by atoms with Crippen molar-refractivity contribution in [3.8, 4) is 5.75 Å². The summed E-state index contributed by atoms with van der Waals surface area (Å²) in [5.74, 6) is -1.91. The second-order valence-corrected chi connectivity index (χ2v) is 11.9. The minimum absolute atomic E-state index is 0.0117. The van der Waals surface area contributed by atoms with Gasteiger partial charge in [-0.15, -0.1) is 0 Å². The van der Waals surface area contributed by atoms with Gasteiger partial charge in [0.05, 0.1) is 48.1 Å². The summed E-state index contributed by atoms with van der Waals surface area (Å²) in [4.78, 5) is 39.1. The Balaban J connectivity index is 0.000000239. The number of hydrogen-bond donors (Lipinski definition) is 3. The number of nitrogens with zero attached hydrogens (tertiary/aromatic N) is 1. The van der Waals surface area contributed by atoms with E-state index in [-0.39, 0.29) is 22.4 Å². The predicted octanol–water partition coefficient (Wildman–Crippen LogP) is 5.45. The first kappa shape index (κ1) is 31.8. The molecule has 5 rings (SSSR count). The Morgan fingerprint density at radius 2 is 1.95 bits per heavy atom. The van der Waals surface area contributed by atoms with Crippen LogP contribution in [0, 0.1) is 17.0 Å². The van der Waals surface area contributed by atoms with Crippen molar-refractivity contribution in [3.05, 3.63) is 82.1 Å². The Labute approximate surface area is 253 Å². The molecule has 0 bridgehead atoms. The van der Waals surface area contributed by atoms with E-state index < -0.39 is 28.9 Å². The molecule has 2 aliphatic rings. The standard InChI is InChI=1S/C21H22ClF2N3O.C10H11NO4/c1-20(2,3)8-16-21(18-15(27-19(21)28)7-11(23)9-26-18)13(10-25-16)12-5-4-6-14(22)17(12)24;1-14-9-5-7(10(13)15-2)3-4-8(9)11-6-12/h4-7,9,13,16,25H,8,10H2,1-3H3,(H,27,28);3-6H,1-2H3,(H,11,12)/t13?,16?,21-;/m0./s1. The lowest BCUT2D eigenvalue weighted by atomic mass is 9.65. The molecule has 2 unspecified atom stereocenters. The molecule has 3 N–H and O–H groups in total. The van der Waals surface area contributed by atoms with E-state index in [2.05, 4.69) is 46.4 Å². The quantitative estimate of drug-likeness (QED) is 0.250. The maximum absolute atomic E-state index is 15.0. The lowest BCUT2D eigenvalue weighted by Crippen LogP contribution is -2.50. The molecule has 2 amide bonds. The van der Waals surface area contributed by atoms with Gasteiger partial charge >= 0.3 is 5.97 Å². The molecule has 0 saturated carbocycles. The second-order valence-electron chi connectivity index (χ2n) is 11.5. The number of carbonyl (C=O) groups excluding carboxylic acids is 3. The van der Waals surface area contributed by atoms with Gasteiger partial charge in [-0.25, -0.2) is 13.6 Å². The highest BCUT2D eigenvalue weighted by molar-refractivity contribution is 6.30. The molecule has 3 aromatic rings. The molecule has 228 valence electrons. The molecule has 43 heavy (non-hydrogen) atoms. The zero-order valence-corrected chi connectivity index (χ0v) is 25.1. The van der Waals surface area contributed by atoms with Crippen molar-refractivity contribution in [2.24, 2.45) is 5.41 Å². The normalized spacial score (nSPS) is 20.5. The lowest BCUT2D eigenvalue weighted by Gasteiger charge is -2.36. The molecule has 0 aliphatic carbocycles. The number of esters is 1. The Bertz CT molecular complexity index is 1550. The number of ether oxygens (including phenoxy) is 2. The maximum atomic E-state index is 15.0. The van der Waals surface area contributed by atoms with Crippen LogP contribution in [0.1, 0.15) is 54.7 Å². The average Bonchev–Trinajstić information content (AvgIpc) is 3.46. The van der Waals surface area contributed by atoms with Crippen molar-refractivity contribution in [1.82, 2.24) is 10.3 Å².